The molecule has 2 atom stereocenters. The van der Waals surface area contributed by atoms with Crippen LogP contribution in [0.25, 0.3) is 0 Å². The molecule has 3 heterocycles. The number of hydrogen-bond acceptors (Lipinski definition) is 5. The molecule has 0 bridgehead atoms. The number of carbonyl (C=O) groups is 1. The molecule has 0 aromatic rings. The van der Waals surface area contributed by atoms with Crippen molar-refractivity contribution in [1.82, 2.24) is 15.5 Å². The zero-order chi connectivity index (χ0) is 22.2. The monoisotopic (exact) mass is 435 g/mol. The van der Waals surface area contributed by atoms with Crippen molar-refractivity contribution in [3.8, 4) is 0 Å². The van der Waals surface area contributed by atoms with E-state index in [4.69, 9.17) is 5.41 Å². The fourth-order valence-corrected chi connectivity index (χ4v) is 4.75. The Hall–Kier alpha value is -2.58. The lowest BCUT2D eigenvalue weighted by atomic mass is 9.86. The molecule has 168 valence electrons. The lowest BCUT2D eigenvalue weighted by Gasteiger charge is -2.34. The molecule has 0 aromatic carbocycles. The summed E-state index contributed by atoms with van der Waals surface area (Å²) in [6.07, 6.45) is 4.90. The van der Waals surface area contributed by atoms with Crippen molar-refractivity contribution in [2.45, 2.75) is 63.8 Å². The quantitative estimate of drug-likeness (QED) is 0.592. The molecule has 9 heteroatoms. The molecule has 1 fully saturated rings. The highest BCUT2D eigenvalue weighted by Gasteiger charge is 2.40. The molecular formula is C22H28F3N5O. The van der Waals surface area contributed by atoms with Crippen LogP contribution >= 0.6 is 0 Å². The molecule has 4 rings (SSSR count). The number of amides is 1. The normalized spacial score (nSPS) is 26.8. The highest BCUT2D eigenvalue weighted by molar-refractivity contribution is 6.12. The third-order valence-electron chi connectivity index (χ3n) is 6.53. The first-order chi connectivity index (χ1) is 14.7. The molecule has 2 unspecified atom stereocenters. The summed E-state index contributed by atoms with van der Waals surface area (Å²) in [4.78, 5) is 17.7. The summed E-state index contributed by atoms with van der Waals surface area (Å²) in [5.74, 6) is -0.731. The van der Waals surface area contributed by atoms with Gasteiger partial charge in [-0.2, -0.15) is 13.2 Å². The summed E-state index contributed by atoms with van der Waals surface area (Å²) in [7, 11) is 0. The molecular weight excluding hydrogens is 407 g/mol. The summed E-state index contributed by atoms with van der Waals surface area (Å²) in [6, 6.07) is 0.342. The van der Waals surface area contributed by atoms with Crippen molar-refractivity contribution >= 4 is 17.8 Å². The number of dihydropyridines is 1. The summed E-state index contributed by atoms with van der Waals surface area (Å²) in [5.41, 5.74) is 1.50. The van der Waals surface area contributed by atoms with E-state index in [-0.39, 0.29) is 18.2 Å². The van der Waals surface area contributed by atoms with Gasteiger partial charge in [-0.25, -0.2) is 0 Å². The molecule has 0 saturated heterocycles. The summed E-state index contributed by atoms with van der Waals surface area (Å²) < 4.78 is 39.7. The van der Waals surface area contributed by atoms with Crippen molar-refractivity contribution in [3.63, 3.8) is 0 Å². The maximum absolute atomic E-state index is 13.2. The average Bonchev–Trinajstić information content (AvgIpc) is 3.17. The molecule has 4 aliphatic rings. The molecule has 0 radical (unpaired) electrons. The van der Waals surface area contributed by atoms with Gasteiger partial charge in [0.1, 0.15) is 6.17 Å². The van der Waals surface area contributed by atoms with Crippen LogP contribution < -0.4 is 10.6 Å². The molecule has 0 aromatic heterocycles. The molecule has 3 N–H and O–H groups in total. The second kappa shape index (κ2) is 8.51. The van der Waals surface area contributed by atoms with Crippen LogP contribution in [0.5, 0.6) is 0 Å². The third-order valence-corrected chi connectivity index (χ3v) is 6.53. The van der Waals surface area contributed by atoms with E-state index in [9.17, 15) is 18.0 Å². The Kier molecular flexibility index (Phi) is 5.94. The zero-order valence-electron chi connectivity index (χ0n) is 17.6. The maximum atomic E-state index is 13.2. The SMILES string of the molecule is CC(=O)N1CCC(NC2CCCCC2)=C(C(=N)C2=CNC3N=CC(C(F)(F)F)=CC23)C1. The van der Waals surface area contributed by atoms with Crippen LogP contribution in [0.3, 0.4) is 0 Å². The number of nitrogens with zero attached hydrogens (tertiary/aromatic N) is 2. The summed E-state index contributed by atoms with van der Waals surface area (Å²) in [6.45, 7) is 2.37. The molecule has 1 saturated carbocycles. The molecule has 0 spiro atoms. The first kappa shape index (κ1) is 21.6. The number of hydrogen-bond donors (Lipinski definition) is 3. The van der Waals surface area contributed by atoms with Crippen LogP contribution in [-0.4, -0.2) is 54.2 Å². The van der Waals surface area contributed by atoms with E-state index in [1.54, 1.807) is 11.1 Å². The van der Waals surface area contributed by atoms with E-state index in [0.717, 1.165) is 30.8 Å². The van der Waals surface area contributed by atoms with Gasteiger partial charge in [-0.05, 0) is 12.8 Å². The second-order valence-electron chi connectivity index (χ2n) is 8.64. The van der Waals surface area contributed by atoms with Crippen molar-refractivity contribution in [2.24, 2.45) is 10.9 Å². The largest absolute Gasteiger partial charge is 0.417 e. The van der Waals surface area contributed by atoms with Gasteiger partial charge in [-0.15, -0.1) is 0 Å². The first-order valence-electron chi connectivity index (χ1n) is 10.9. The van der Waals surface area contributed by atoms with Crippen LogP contribution in [-0.2, 0) is 4.79 Å². The van der Waals surface area contributed by atoms with Gasteiger partial charge in [0.15, 0.2) is 0 Å². The minimum Gasteiger partial charge on any atom is -0.385 e. The average molecular weight is 435 g/mol. The minimum absolute atomic E-state index is 0.0695. The Morgan fingerprint density at radius 3 is 2.71 bits per heavy atom. The fourth-order valence-electron chi connectivity index (χ4n) is 4.75. The van der Waals surface area contributed by atoms with Gasteiger partial charge in [-0.3, -0.25) is 9.79 Å². The van der Waals surface area contributed by atoms with Crippen LogP contribution in [0.2, 0.25) is 0 Å². The number of carbonyl (C=O) groups excluding carboxylic acids is 1. The Bertz CT molecular complexity index is 880. The van der Waals surface area contributed by atoms with Crippen LogP contribution in [0, 0.1) is 11.3 Å². The molecule has 6 nitrogen and oxygen atoms in total. The van der Waals surface area contributed by atoms with Crippen molar-refractivity contribution in [2.75, 3.05) is 13.1 Å². The standard InChI is InChI=1S/C22H28F3N5O/c1-13(31)30-8-7-19(29-15-5-3-2-4-6-15)18(12-30)20(26)17-11-28-21-16(17)9-14(10-27-21)22(23,24)25/h9-11,15-16,21,26,28-29H,2-8,12H2,1H3. The topological polar surface area (TPSA) is 80.6 Å². The summed E-state index contributed by atoms with van der Waals surface area (Å²) >= 11 is 0. The van der Waals surface area contributed by atoms with E-state index < -0.39 is 23.8 Å². The van der Waals surface area contributed by atoms with Gasteiger partial charge in [-0.1, -0.05) is 25.3 Å². The van der Waals surface area contributed by atoms with Gasteiger partial charge in [0.05, 0.1) is 11.3 Å². The predicted molar refractivity (Wildman–Crippen MR) is 113 cm³/mol. The maximum Gasteiger partial charge on any atom is 0.417 e. The van der Waals surface area contributed by atoms with Gasteiger partial charge < -0.3 is 20.9 Å². The molecule has 1 aliphatic carbocycles. The number of nitrogens with one attached hydrogen (secondary N) is 3. The lowest BCUT2D eigenvalue weighted by Crippen LogP contribution is -2.42. The van der Waals surface area contributed by atoms with Crippen LogP contribution in [0.1, 0.15) is 45.4 Å². The van der Waals surface area contributed by atoms with E-state index >= 15 is 0 Å². The Morgan fingerprint density at radius 1 is 1.29 bits per heavy atom. The first-order valence-corrected chi connectivity index (χ1v) is 10.9. The number of allylic oxidation sites excluding steroid dienone is 1. The number of aliphatic imine (C=N–C) groups is 1. The molecule has 3 aliphatic heterocycles. The van der Waals surface area contributed by atoms with Crippen molar-refractivity contribution in [1.29, 1.82) is 5.41 Å². The van der Waals surface area contributed by atoms with E-state index in [2.05, 4.69) is 15.6 Å². The summed E-state index contributed by atoms with van der Waals surface area (Å²) in [5, 5.41) is 15.5. The van der Waals surface area contributed by atoms with E-state index in [0.29, 0.717) is 30.2 Å². The third kappa shape index (κ3) is 4.55. The highest BCUT2D eigenvalue weighted by atomic mass is 19.4. The van der Waals surface area contributed by atoms with Gasteiger partial charge in [0.25, 0.3) is 0 Å². The van der Waals surface area contributed by atoms with E-state index in [1.165, 1.54) is 26.2 Å². The predicted octanol–water partition coefficient (Wildman–Crippen LogP) is 3.44. The Labute approximate surface area is 179 Å². The number of halogens is 3. The number of fused-ring (bicyclic) bond motifs is 1. The number of rotatable bonds is 4. The van der Waals surface area contributed by atoms with Crippen molar-refractivity contribution in [3.05, 3.63) is 34.7 Å². The minimum atomic E-state index is -4.48. The zero-order valence-corrected chi connectivity index (χ0v) is 17.6. The highest BCUT2D eigenvalue weighted by Crippen LogP contribution is 2.36. The Balaban J connectivity index is 1.61. The second-order valence-corrected chi connectivity index (χ2v) is 8.64. The number of alkyl halides is 3. The van der Waals surface area contributed by atoms with E-state index in [1.807, 2.05) is 0 Å². The van der Waals surface area contributed by atoms with Crippen LogP contribution in [0.4, 0.5) is 13.2 Å². The van der Waals surface area contributed by atoms with Crippen LogP contribution in [0.15, 0.2) is 39.7 Å². The smallest absolute Gasteiger partial charge is 0.385 e. The fraction of sp³-hybridized carbons (Fsp3) is 0.591. The van der Waals surface area contributed by atoms with Crippen molar-refractivity contribution < 1.29 is 18.0 Å². The van der Waals surface area contributed by atoms with Gasteiger partial charge in [0, 0.05) is 67.7 Å². The Morgan fingerprint density at radius 2 is 2.03 bits per heavy atom. The van der Waals surface area contributed by atoms with Gasteiger partial charge >= 0.3 is 6.18 Å². The lowest BCUT2D eigenvalue weighted by molar-refractivity contribution is -0.128. The van der Waals surface area contributed by atoms with Gasteiger partial charge in [0.2, 0.25) is 5.91 Å². The molecule has 31 heavy (non-hydrogen) atoms. The molecule has 1 amide bonds.